The number of rotatable bonds is 4. The maximum atomic E-state index is 12.3. The third-order valence-corrected chi connectivity index (χ3v) is 3.13. The van der Waals surface area contributed by atoms with Crippen LogP contribution in [0.25, 0.3) is 10.9 Å². The number of benzene rings is 1. The van der Waals surface area contributed by atoms with Gasteiger partial charge in [-0.1, -0.05) is 19.1 Å². The van der Waals surface area contributed by atoms with E-state index in [1.165, 1.54) is 4.57 Å². The molecule has 1 heterocycles. The summed E-state index contributed by atoms with van der Waals surface area (Å²) in [5.41, 5.74) is -0.130. The van der Waals surface area contributed by atoms with Crippen molar-refractivity contribution in [1.82, 2.24) is 9.55 Å². The molecule has 102 valence electrons. The van der Waals surface area contributed by atoms with Gasteiger partial charge in [0, 0.05) is 6.54 Å². The van der Waals surface area contributed by atoms with Crippen LogP contribution in [0.4, 0.5) is 0 Å². The first-order valence-corrected chi connectivity index (χ1v) is 6.39. The van der Waals surface area contributed by atoms with Gasteiger partial charge in [-0.2, -0.15) is 0 Å². The minimum Gasteiger partial charge on any atom is -0.393 e. The van der Waals surface area contributed by atoms with Crippen LogP contribution in [0.3, 0.4) is 0 Å². The number of aromatic nitrogens is 2. The van der Waals surface area contributed by atoms with E-state index in [1.54, 1.807) is 31.2 Å². The number of aromatic amines is 1. The summed E-state index contributed by atoms with van der Waals surface area (Å²) < 4.78 is 1.20. The largest absolute Gasteiger partial charge is 0.393 e. The lowest BCUT2D eigenvalue weighted by Crippen LogP contribution is -2.37. The van der Waals surface area contributed by atoms with Crippen molar-refractivity contribution in [2.24, 2.45) is 5.92 Å². The zero-order chi connectivity index (χ0) is 14.0. The average molecular weight is 262 g/mol. The Morgan fingerprint density at radius 3 is 2.63 bits per heavy atom. The smallest absolute Gasteiger partial charge is 0.328 e. The van der Waals surface area contributed by atoms with Crippen molar-refractivity contribution < 1.29 is 5.11 Å². The second-order valence-corrected chi connectivity index (χ2v) is 5.08. The summed E-state index contributed by atoms with van der Waals surface area (Å²) in [6.07, 6.45) is 0.115. The maximum absolute atomic E-state index is 12.3. The molecule has 5 heteroatoms. The molecule has 0 amide bonds. The molecule has 0 aliphatic carbocycles. The summed E-state index contributed by atoms with van der Waals surface area (Å²) in [7, 11) is 0. The number of para-hydroxylation sites is 1. The van der Waals surface area contributed by atoms with Crippen LogP contribution in [0.1, 0.15) is 20.3 Å². The Morgan fingerprint density at radius 1 is 1.26 bits per heavy atom. The van der Waals surface area contributed by atoms with E-state index in [2.05, 4.69) is 4.98 Å². The van der Waals surface area contributed by atoms with Gasteiger partial charge in [0.15, 0.2) is 0 Å². The van der Waals surface area contributed by atoms with E-state index < -0.39 is 11.8 Å². The van der Waals surface area contributed by atoms with Crippen molar-refractivity contribution in [2.45, 2.75) is 32.9 Å². The number of aliphatic hydroxyl groups excluding tert-OH is 1. The fraction of sp³-hybridized carbons (Fsp3) is 0.429. The molecule has 2 N–H and O–H groups in total. The Bertz CT molecular complexity index is 685. The third-order valence-electron chi connectivity index (χ3n) is 3.13. The van der Waals surface area contributed by atoms with E-state index in [1.807, 2.05) is 6.92 Å². The highest BCUT2D eigenvalue weighted by molar-refractivity contribution is 5.76. The Kier molecular flexibility index (Phi) is 3.85. The standard InChI is InChI=1S/C14H18N2O3/c1-9(7-10(2)17)8-16-13(18)11-5-3-4-6-12(11)15-14(16)19/h3-6,9-10,17H,7-8H2,1-2H3,(H,15,19). The summed E-state index contributed by atoms with van der Waals surface area (Å²) in [6.45, 7) is 3.92. The molecular formula is C14H18N2O3. The topological polar surface area (TPSA) is 75.1 Å². The monoisotopic (exact) mass is 262 g/mol. The molecule has 0 saturated heterocycles. The number of hydrogen-bond acceptors (Lipinski definition) is 3. The van der Waals surface area contributed by atoms with Crippen molar-refractivity contribution >= 4 is 10.9 Å². The van der Waals surface area contributed by atoms with Gasteiger partial charge < -0.3 is 10.1 Å². The van der Waals surface area contributed by atoms with Crippen molar-refractivity contribution in [3.8, 4) is 0 Å². The first-order chi connectivity index (χ1) is 8.99. The number of H-pyrrole nitrogens is 1. The fourth-order valence-electron chi connectivity index (χ4n) is 2.33. The number of aliphatic hydroxyl groups is 1. The highest BCUT2D eigenvalue weighted by Crippen LogP contribution is 2.08. The summed E-state index contributed by atoms with van der Waals surface area (Å²) in [5, 5.41) is 9.84. The van der Waals surface area contributed by atoms with E-state index in [-0.39, 0.29) is 11.5 Å². The lowest BCUT2D eigenvalue weighted by Gasteiger charge is -2.14. The van der Waals surface area contributed by atoms with Gasteiger partial charge in [0.1, 0.15) is 0 Å². The van der Waals surface area contributed by atoms with Crippen LogP contribution in [-0.4, -0.2) is 20.8 Å². The summed E-state index contributed by atoms with van der Waals surface area (Å²) in [5.74, 6) is 0.0555. The third kappa shape index (κ3) is 2.93. The molecule has 0 bridgehead atoms. The van der Waals surface area contributed by atoms with Gasteiger partial charge in [-0.25, -0.2) is 4.79 Å². The molecule has 5 nitrogen and oxygen atoms in total. The highest BCUT2D eigenvalue weighted by Gasteiger charge is 2.12. The molecule has 0 fully saturated rings. The Labute approximate surface area is 110 Å². The van der Waals surface area contributed by atoms with Gasteiger partial charge in [-0.15, -0.1) is 0 Å². The first-order valence-electron chi connectivity index (χ1n) is 6.39. The average Bonchev–Trinajstić information content (AvgIpc) is 2.33. The molecule has 1 aromatic carbocycles. The molecule has 2 atom stereocenters. The molecule has 0 radical (unpaired) electrons. The molecule has 19 heavy (non-hydrogen) atoms. The van der Waals surface area contributed by atoms with Gasteiger partial charge in [-0.3, -0.25) is 9.36 Å². The summed E-state index contributed by atoms with van der Waals surface area (Å²) >= 11 is 0. The number of nitrogens with zero attached hydrogens (tertiary/aromatic N) is 1. The molecular weight excluding hydrogens is 244 g/mol. The lowest BCUT2D eigenvalue weighted by atomic mass is 10.0. The van der Waals surface area contributed by atoms with E-state index in [0.29, 0.717) is 23.9 Å². The Morgan fingerprint density at radius 2 is 1.95 bits per heavy atom. The lowest BCUT2D eigenvalue weighted by molar-refractivity contribution is 0.158. The van der Waals surface area contributed by atoms with Gasteiger partial charge in [-0.05, 0) is 31.4 Å². The minimum atomic E-state index is -0.440. The zero-order valence-corrected chi connectivity index (χ0v) is 11.1. The maximum Gasteiger partial charge on any atom is 0.328 e. The van der Waals surface area contributed by atoms with Crippen LogP contribution in [0.15, 0.2) is 33.9 Å². The van der Waals surface area contributed by atoms with Crippen molar-refractivity contribution in [1.29, 1.82) is 0 Å². The summed E-state index contributed by atoms with van der Waals surface area (Å²) in [6, 6.07) is 6.95. The van der Waals surface area contributed by atoms with Gasteiger partial charge in [0.05, 0.1) is 17.0 Å². The normalized spacial score (nSPS) is 14.5. The quantitative estimate of drug-likeness (QED) is 0.866. The predicted molar refractivity (Wildman–Crippen MR) is 74.3 cm³/mol. The van der Waals surface area contributed by atoms with Gasteiger partial charge in [0.25, 0.3) is 5.56 Å². The molecule has 2 unspecified atom stereocenters. The van der Waals surface area contributed by atoms with Crippen molar-refractivity contribution in [2.75, 3.05) is 0 Å². The highest BCUT2D eigenvalue weighted by atomic mass is 16.3. The fourth-order valence-corrected chi connectivity index (χ4v) is 2.33. The van der Waals surface area contributed by atoms with Crippen LogP contribution in [0, 0.1) is 5.92 Å². The molecule has 1 aromatic heterocycles. The Hall–Kier alpha value is -1.88. The molecule has 0 spiro atoms. The van der Waals surface area contributed by atoms with Crippen LogP contribution in [-0.2, 0) is 6.54 Å². The first kappa shape index (κ1) is 13.5. The molecule has 0 aliphatic rings. The number of nitrogens with one attached hydrogen (secondary N) is 1. The molecule has 2 aromatic rings. The number of fused-ring (bicyclic) bond motifs is 1. The van der Waals surface area contributed by atoms with Crippen LogP contribution in [0.2, 0.25) is 0 Å². The number of hydrogen-bond donors (Lipinski definition) is 2. The van der Waals surface area contributed by atoms with Crippen molar-refractivity contribution in [3.05, 3.63) is 45.1 Å². The van der Waals surface area contributed by atoms with E-state index >= 15 is 0 Å². The van der Waals surface area contributed by atoms with Gasteiger partial charge >= 0.3 is 5.69 Å². The van der Waals surface area contributed by atoms with Crippen LogP contribution in [0.5, 0.6) is 0 Å². The molecule has 0 aliphatic heterocycles. The van der Waals surface area contributed by atoms with E-state index in [9.17, 15) is 14.7 Å². The minimum absolute atomic E-state index is 0.0555. The van der Waals surface area contributed by atoms with Crippen molar-refractivity contribution in [3.63, 3.8) is 0 Å². The van der Waals surface area contributed by atoms with E-state index in [4.69, 9.17) is 0 Å². The molecule has 0 saturated carbocycles. The second kappa shape index (κ2) is 5.40. The van der Waals surface area contributed by atoms with Gasteiger partial charge in [0.2, 0.25) is 0 Å². The zero-order valence-electron chi connectivity index (χ0n) is 11.1. The van der Waals surface area contributed by atoms with Crippen LogP contribution >= 0.6 is 0 Å². The SMILES string of the molecule is CC(O)CC(C)Cn1c(=O)[nH]c2ccccc2c1=O. The van der Waals surface area contributed by atoms with Crippen LogP contribution < -0.4 is 11.2 Å². The second-order valence-electron chi connectivity index (χ2n) is 5.08. The Balaban J connectivity index is 2.44. The van der Waals surface area contributed by atoms with E-state index in [0.717, 1.165) is 0 Å². The summed E-state index contributed by atoms with van der Waals surface area (Å²) in [4.78, 5) is 26.9. The predicted octanol–water partition coefficient (Wildman–Crippen LogP) is 1.10. The molecule has 2 rings (SSSR count).